The molecule has 0 saturated carbocycles. The van der Waals surface area contributed by atoms with Crippen LogP contribution in [-0.4, -0.2) is 15.4 Å². The fourth-order valence-corrected chi connectivity index (χ4v) is 4.38. The molecule has 2 heterocycles. The van der Waals surface area contributed by atoms with Gasteiger partial charge in [-0.2, -0.15) is 0 Å². The van der Waals surface area contributed by atoms with Gasteiger partial charge in [0.15, 0.2) is 4.96 Å². The molecule has 5 nitrogen and oxygen atoms in total. The summed E-state index contributed by atoms with van der Waals surface area (Å²) in [7, 11) is 0. The zero-order valence-corrected chi connectivity index (χ0v) is 15.7. The second-order valence-corrected chi connectivity index (χ2v) is 7.44. The first-order chi connectivity index (χ1) is 13.6. The number of aromatic nitrogens is 2. The molecule has 0 atom stereocenters. The van der Waals surface area contributed by atoms with Crippen LogP contribution in [0.25, 0.3) is 32.8 Å². The van der Waals surface area contributed by atoms with Crippen LogP contribution in [0.1, 0.15) is 12.5 Å². The Morgan fingerprint density at radius 2 is 1.86 bits per heavy atom. The Hall–Kier alpha value is -3.51. The number of benzene rings is 3. The van der Waals surface area contributed by atoms with Gasteiger partial charge in [-0.15, -0.1) is 0 Å². The third kappa shape index (κ3) is 2.58. The van der Waals surface area contributed by atoms with Crippen molar-refractivity contribution in [3.05, 3.63) is 81.1 Å². The highest BCUT2D eigenvalue weighted by Crippen LogP contribution is 2.29. The van der Waals surface area contributed by atoms with E-state index in [0.29, 0.717) is 20.8 Å². The van der Waals surface area contributed by atoms with Crippen LogP contribution in [0.3, 0.4) is 0 Å². The highest BCUT2D eigenvalue weighted by Gasteiger charge is 2.13. The van der Waals surface area contributed by atoms with Crippen LogP contribution in [0, 0.1) is 0 Å². The minimum Gasteiger partial charge on any atom is -0.426 e. The van der Waals surface area contributed by atoms with Crippen molar-refractivity contribution in [1.29, 1.82) is 0 Å². The summed E-state index contributed by atoms with van der Waals surface area (Å²) < 4.78 is 7.57. The Morgan fingerprint density at radius 1 is 1.07 bits per heavy atom. The molecule has 0 aliphatic rings. The predicted molar refractivity (Wildman–Crippen MR) is 111 cm³/mol. The van der Waals surface area contributed by atoms with Crippen molar-refractivity contribution >= 4 is 50.1 Å². The predicted octanol–water partition coefficient (Wildman–Crippen LogP) is 3.54. The Labute approximate surface area is 163 Å². The van der Waals surface area contributed by atoms with Crippen molar-refractivity contribution < 1.29 is 9.53 Å². The number of rotatable bonds is 2. The third-order valence-corrected chi connectivity index (χ3v) is 5.57. The van der Waals surface area contributed by atoms with Crippen LogP contribution in [0.2, 0.25) is 0 Å². The number of carbonyl (C=O) groups is 1. The minimum absolute atomic E-state index is 0.129. The zero-order chi connectivity index (χ0) is 19.3. The highest BCUT2D eigenvalue weighted by atomic mass is 32.1. The summed E-state index contributed by atoms with van der Waals surface area (Å²) >= 11 is 1.32. The average Bonchev–Trinajstić information content (AvgIpc) is 3.19. The molecule has 0 amide bonds. The zero-order valence-electron chi connectivity index (χ0n) is 14.9. The van der Waals surface area contributed by atoms with Gasteiger partial charge < -0.3 is 4.74 Å². The van der Waals surface area contributed by atoms with Gasteiger partial charge in [-0.25, -0.2) is 9.38 Å². The van der Waals surface area contributed by atoms with Crippen molar-refractivity contribution in [3.8, 4) is 5.75 Å². The second-order valence-electron chi connectivity index (χ2n) is 6.43. The molecule has 28 heavy (non-hydrogen) atoms. The smallest absolute Gasteiger partial charge is 0.308 e. The van der Waals surface area contributed by atoms with Gasteiger partial charge in [0.2, 0.25) is 0 Å². The maximum absolute atomic E-state index is 13.1. The fraction of sp³-hybridized carbons (Fsp3) is 0.0455. The van der Waals surface area contributed by atoms with E-state index in [9.17, 15) is 9.59 Å². The van der Waals surface area contributed by atoms with E-state index in [4.69, 9.17) is 4.74 Å². The van der Waals surface area contributed by atoms with Gasteiger partial charge >= 0.3 is 5.97 Å². The van der Waals surface area contributed by atoms with E-state index < -0.39 is 5.97 Å². The second kappa shape index (κ2) is 6.28. The molecule has 0 bridgehead atoms. The topological polar surface area (TPSA) is 60.7 Å². The van der Waals surface area contributed by atoms with Crippen LogP contribution in [0.4, 0.5) is 0 Å². The molecule has 0 aliphatic carbocycles. The van der Waals surface area contributed by atoms with E-state index in [1.54, 1.807) is 16.5 Å². The Morgan fingerprint density at radius 3 is 2.71 bits per heavy atom. The van der Waals surface area contributed by atoms with Crippen LogP contribution in [0.15, 0.2) is 65.5 Å². The summed E-state index contributed by atoms with van der Waals surface area (Å²) in [6, 6.07) is 19.0. The number of ether oxygens (including phenoxy) is 1. The van der Waals surface area contributed by atoms with E-state index in [0.717, 1.165) is 21.8 Å². The molecule has 6 heteroatoms. The van der Waals surface area contributed by atoms with E-state index in [1.807, 2.05) is 54.6 Å². The Bertz CT molecular complexity index is 1500. The van der Waals surface area contributed by atoms with Crippen LogP contribution in [0.5, 0.6) is 5.75 Å². The largest absolute Gasteiger partial charge is 0.426 e. The van der Waals surface area contributed by atoms with E-state index >= 15 is 0 Å². The average molecular weight is 386 g/mol. The molecule has 0 aliphatic heterocycles. The monoisotopic (exact) mass is 386 g/mol. The summed E-state index contributed by atoms with van der Waals surface area (Å²) in [6.45, 7) is 1.36. The molecule has 136 valence electrons. The lowest BCUT2D eigenvalue weighted by molar-refractivity contribution is -0.131. The number of hydrogen-bond acceptors (Lipinski definition) is 5. The third-order valence-electron chi connectivity index (χ3n) is 4.60. The van der Waals surface area contributed by atoms with Crippen molar-refractivity contribution in [2.75, 3.05) is 0 Å². The molecule has 0 fully saturated rings. The summed E-state index contributed by atoms with van der Waals surface area (Å²) in [6.07, 6.45) is 1.79. The number of carbonyl (C=O) groups excluding carboxylic acids is 1. The van der Waals surface area contributed by atoms with Crippen LogP contribution >= 0.6 is 11.3 Å². The number of hydrogen-bond donors (Lipinski definition) is 0. The SMILES string of the molecule is CC(=O)Oc1ccc2ccccc2c1/C=c1/sc2nc3ccccc3n2c1=O. The van der Waals surface area contributed by atoms with Gasteiger partial charge in [-0.3, -0.25) is 9.59 Å². The standard InChI is InChI=1S/C22H14N2O3S/c1-13(25)27-19-11-10-14-6-2-3-7-15(14)16(19)12-20-21(26)24-18-9-5-4-8-17(18)23-22(24)28-20/h2-12H,1H3/b20-12+. The van der Waals surface area contributed by atoms with Crippen molar-refractivity contribution in [3.63, 3.8) is 0 Å². The molecular formula is C22H14N2O3S. The normalized spacial score (nSPS) is 12.2. The minimum atomic E-state index is -0.403. The van der Waals surface area contributed by atoms with Crippen molar-refractivity contribution in [2.24, 2.45) is 0 Å². The summed E-state index contributed by atoms with van der Waals surface area (Å²) in [5.74, 6) is 0.0285. The first-order valence-electron chi connectivity index (χ1n) is 8.74. The number of thiazole rings is 1. The summed E-state index contributed by atoms with van der Waals surface area (Å²) in [5.41, 5.74) is 2.16. The number of imidazole rings is 1. The lowest BCUT2D eigenvalue weighted by Crippen LogP contribution is -2.22. The maximum Gasteiger partial charge on any atom is 0.308 e. The summed E-state index contributed by atoms with van der Waals surface area (Å²) in [4.78, 5) is 29.8. The fourth-order valence-electron chi connectivity index (χ4n) is 3.41. The quantitative estimate of drug-likeness (QED) is 0.344. The van der Waals surface area contributed by atoms with Gasteiger partial charge in [0.05, 0.1) is 15.6 Å². The molecule has 3 aromatic carbocycles. The Kier molecular flexibility index (Phi) is 3.74. The molecule has 0 saturated heterocycles. The van der Waals surface area contributed by atoms with E-state index in [2.05, 4.69) is 4.98 Å². The van der Waals surface area contributed by atoms with Gasteiger partial charge in [-0.1, -0.05) is 53.8 Å². The molecule has 5 aromatic rings. The number of nitrogens with zero attached hydrogens (tertiary/aromatic N) is 2. The molecule has 5 rings (SSSR count). The molecule has 0 N–H and O–H groups in total. The van der Waals surface area contributed by atoms with Gasteiger partial charge in [-0.05, 0) is 35.0 Å². The molecule has 0 radical (unpaired) electrons. The van der Waals surface area contributed by atoms with Crippen molar-refractivity contribution in [2.45, 2.75) is 6.92 Å². The number of fused-ring (bicyclic) bond motifs is 4. The first-order valence-corrected chi connectivity index (χ1v) is 9.55. The van der Waals surface area contributed by atoms with E-state index in [-0.39, 0.29) is 5.56 Å². The molecule has 0 spiro atoms. The Balaban J connectivity index is 1.83. The number of esters is 1. The summed E-state index contributed by atoms with van der Waals surface area (Å²) in [5, 5.41) is 1.92. The van der Waals surface area contributed by atoms with Gasteiger partial charge in [0.25, 0.3) is 5.56 Å². The highest BCUT2D eigenvalue weighted by molar-refractivity contribution is 7.15. The maximum atomic E-state index is 13.1. The van der Waals surface area contributed by atoms with Gasteiger partial charge in [0, 0.05) is 12.5 Å². The number of para-hydroxylation sites is 2. The van der Waals surface area contributed by atoms with Crippen LogP contribution < -0.4 is 14.8 Å². The molecule has 0 unspecified atom stereocenters. The first kappa shape index (κ1) is 16.6. The lowest BCUT2D eigenvalue weighted by atomic mass is 10.0. The van der Waals surface area contributed by atoms with Crippen molar-refractivity contribution in [1.82, 2.24) is 9.38 Å². The molecule has 2 aromatic heterocycles. The van der Waals surface area contributed by atoms with E-state index in [1.165, 1.54) is 18.3 Å². The lowest BCUT2D eigenvalue weighted by Gasteiger charge is -2.09. The van der Waals surface area contributed by atoms with Crippen LogP contribution in [-0.2, 0) is 4.79 Å². The van der Waals surface area contributed by atoms with Gasteiger partial charge in [0.1, 0.15) is 5.75 Å². The molecular weight excluding hydrogens is 372 g/mol.